The van der Waals surface area contributed by atoms with E-state index in [1.165, 1.54) is 0 Å². The van der Waals surface area contributed by atoms with Gasteiger partial charge >= 0.3 is 6.09 Å². The van der Waals surface area contributed by atoms with E-state index in [9.17, 15) is 9.90 Å². The fourth-order valence-corrected chi connectivity index (χ4v) is 2.20. The molecule has 5 nitrogen and oxygen atoms in total. The van der Waals surface area contributed by atoms with Gasteiger partial charge in [-0.3, -0.25) is 0 Å². The van der Waals surface area contributed by atoms with Gasteiger partial charge in [-0.2, -0.15) is 0 Å². The van der Waals surface area contributed by atoms with Crippen molar-refractivity contribution in [1.82, 2.24) is 9.80 Å². The molecule has 19 heavy (non-hydrogen) atoms. The molecule has 1 aliphatic rings. The first-order chi connectivity index (χ1) is 8.65. The van der Waals surface area contributed by atoms with E-state index in [2.05, 4.69) is 11.8 Å². The van der Waals surface area contributed by atoms with Gasteiger partial charge in [-0.05, 0) is 47.2 Å². The summed E-state index contributed by atoms with van der Waals surface area (Å²) in [5.41, 5.74) is -1.14. The number of nitrogens with zero attached hydrogens (tertiary/aromatic N) is 2. The Hall–Kier alpha value is -0.810. The number of hydrogen-bond donors (Lipinski definition) is 1. The predicted molar refractivity (Wildman–Crippen MR) is 75.2 cm³/mol. The molecule has 0 atom stereocenters. The van der Waals surface area contributed by atoms with Gasteiger partial charge in [0.05, 0.1) is 5.60 Å². The molecule has 0 aliphatic carbocycles. The Labute approximate surface area is 116 Å². The Bertz CT molecular complexity index is 304. The smallest absolute Gasteiger partial charge is 0.410 e. The van der Waals surface area contributed by atoms with Crippen molar-refractivity contribution in [2.75, 3.05) is 33.2 Å². The normalized spacial score (nSPS) is 19.6. The second kappa shape index (κ2) is 6.09. The van der Waals surface area contributed by atoms with Gasteiger partial charge in [-0.25, -0.2) is 4.79 Å². The van der Waals surface area contributed by atoms with Crippen LogP contribution < -0.4 is 0 Å². The van der Waals surface area contributed by atoms with Crippen molar-refractivity contribution < 1.29 is 14.6 Å². The Balaban J connectivity index is 2.46. The molecule has 0 bridgehead atoms. The average molecular weight is 272 g/mol. The lowest BCUT2D eigenvalue weighted by molar-refractivity contribution is -0.0460. The highest BCUT2D eigenvalue weighted by Gasteiger charge is 2.35. The van der Waals surface area contributed by atoms with Crippen molar-refractivity contribution in [1.29, 1.82) is 0 Å². The Kier molecular flexibility index (Phi) is 5.21. The molecule has 1 fully saturated rings. The summed E-state index contributed by atoms with van der Waals surface area (Å²) in [6, 6.07) is 0. The van der Waals surface area contributed by atoms with E-state index in [-0.39, 0.29) is 6.09 Å². The first-order valence-corrected chi connectivity index (χ1v) is 7.04. The average Bonchev–Trinajstić information content (AvgIpc) is 2.26. The second-order valence-electron chi connectivity index (χ2n) is 6.52. The van der Waals surface area contributed by atoms with Crippen molar-refractivity contribution in [3.63, 3.8) is 0 Å². The van der Waals surface area contributed by atoms with E-state index in [1.807, 2.05) is 27.8 Å². The number of rotatable bonds is 3. The SMILES string of the molecule is CCN(C)CC1(O)CCN(C(=O)OC(C)(C)C)CC1. The van der Waals surface area contributed by atoms with Crippen LogP contribution in [-0.4, -0.2) is 65.4 Å². The maximum absolute atomic E-state index is 11.9. The summed E-state index contributed by atoms with van der Waals surface area (Å²) in [6.07, 6.45) is 0.936. The molecular weight excluding hydrogens is 244 g/mol. The van der Waals surface area contributed by atoms with E-state index in [1.54, 1.807) is 4.90 Å². The van der Waals surface area contributed by atoms with Crippen LogP contribution in [0.5, 0.6) is 0 Å². The lowest BCUT2D eigenvalue weighted by Crippen LogP contribution is -2.52. The summed E-state index contributed by atoms with van der Waals surface area (Å²) in [5, 5.41) is 10.5. The largest absolute Gasteiger partial charge is 0.444 e. The summed E-state index contributed by atoms with van der Waals surface area (Å²) < 4.78 is 5.34. The van der Waals surface area contributed by atoms with Gasteiger partial charge in [0.15, 0.2) is 0 Å². The molecule has 1 aliphatic heterocycles. The van der Waals surface area contributed by atoms with E-state index in [4.69, 9.17) is 4.74 Å². The number of piperidine rings is 1. The van der Waals surface area contributed by atoms with Crippen LogP contribution >= 0.6 is 0 Å². The molecule has 0 aromatic heterocycles. The van der Waals surface area contributed by atoms with E-state index in [0.717, 1.165) is 6.54 Å². The molecule has 0 aromatic rings. The second-order valence-corrected chi connectivity index (χ2v) is 6.52. The lowest BCUT2D eigenvalue weighted by Gasteiger charge is -2.40. The maximum atomic E-state index is 11.9. The van der Waals surface area contributed by atoms with Gasteiger partial charge in [0.2, 0.25) is 0 Å². The molecule has 5 heteroatoms. The zero-order valence-corrected chi connectivity index (χ0v) is 12.9. The van der Waals surface area contributed by atoms with Crippen LogP contribution in [0.25, 0.3) is 0 Å². The number of ether oxygens (including phenoxy) is 1. The molecule has 1 heterocycles. The van der Waals surface area contributed by atoms with Gasteiger partial charge in [0, 0.05) is 19.6 Å². The molecule has 112 valence electrons. The number of aliphatic hydroxyl groups is 1. The Morgan fingerprint density at radius 3 is 2.32 bits per heavy atom. The fourth-order valence-electron chi connectivity index (χ4n) is 2.20. The zero-order chi connectivity index (χ0) is 14.7. The van der Waals surface area contributed by atoms with Crippen LogP contribution in [0, 0.1) is 0 Å². The number of carbonyl (C=O) groups excluding carboxylic acids is 1. The van der Waals surface area contributed by atoms with Gasteiger partial charge in [-0.15, -0.1) is 0 Å². The molecule has 1 N–H and O–H groups in total. The van der Waals surface area contributed by atoms with Crippen molar-refractivity contribution in [2.24, 2.45) is 0 Å². The summed E-state index contributed by atoms with van der Waals surface area (Å²) in [6.45, 7) is 10.3. The summed E-state index contributed by atoms with van der Waals surface area (Å²) in [4.78, 5) is 15.7. The zero-order valence-electron chi connectivity index (χ0n) is 12.9. The van der Waals surface area contributed by atoms with Crippen molar-refractivity contribution in [3.8, 4) is 0 Å². The topological polar surface area (TPSA) is 53.0 Å². The molecule has 0 saturated carbocycles. The van der Waals surface area contributed by atoms with Crippen LogP contribution in [0.1, 0.15) is 40.5 Å². The van der Waals surface area contributed by atoms with Crippen LogP contribution in [0.2, 0.25) is 0 Å². The third-order valence-electron chi connectivity index (χ3n) is 3.45. The number of likely N-dealkylation sites (N-methyl/N-ethyl adjacent to an activating group) is 1. The summed E-state index contributed by atoms with van der Waals surface area (Å²) in [7, 11) is 2.00. The van der Waals surface area contributed by atoms with Crippen LogP contribution in [-0.2, 0) is 4.74 Å². The maximum Gasteiger partial charge on any atom is 0.410 e. The lowest BCUT2D eigenvalue weighted by atomic mass is 9.91. The summed E-state index contributed by atoms with van der Waals surface area (Å²) >= 11 is 0. The molecule has 0 spiro atoms. The van der Waals surface area contributed by atoms with Crippen molar-refractivity contribution >= 4 is 6.09 Å². The number of likely N-dealkylation sites (tertiary alicyclic amines) is 1. The molecule has 0 radical (unpaired) electrons. The molecule has 1 amide bonds. The number of amides is 1. The van der Waals surface area contributed by atoms with Gasteiger partial charge in [-0.1, -0.05) is 6.92 Å². The highest BCUT2D eigenvalue weighted by atomic mass is 16.6. The van der Waals surface area contributed by atoms with Crippen LogP contribution in [0.15, 0.2) is 0 Å². The monoisotopic (exact) mass is 272 g/mol. The highest BCUT2D eigenvalue weighted by Crippen LogP contribution is 2.24. The molecule has 1 rings (SSSR count). The van der Waals surface area contributed by atoms with E-state index >= 15 is 0 Å². The van der Waals surface area contributed by atoms with Crippen LogP contribution in [0.3, 0.4) is 0 Å². The van der Waals surface area contributed by atoms with Gasteiger partial charge < -0.3 is 19.6 Å². The van der Waals surface area contributed by atoms with Gasteiger partial charge in [0.1, 0.15) is 5.60 Å². The molecule has 0 unspecified atom stereocenters. The fraction of sp³-hybridized carbons (Fsp3) is 0.929. The van der Waals surface area contributed by atoms with E-state index in [0.29, 0.717) is 32.5 Å². The van der Waals surface area contributed by atoms with Crippen molar-refractivity contribution in [2.45, 2.75) is 51.7 Å². The quantitative estimate of drug-likeness (QED) is 0.849. The van der Waals surface area contributed by atoms with Crippen LogP contribution in [0.4, 0.5) is 4.79 Å². The first kappa shape index (κ1) is 16.2. The third kappa shape index (κ3) is 5.37. The number of hydrogen-bond acceptors (Lipinski definition) is 4. The van der Waals surface area contributed by atoms with E-state index < -0.39 is 11.2 Å². The minimum atomic E-state index is -0.677. The van der Waals surface area contributed by atoms with Crippen molar-refractivity contribution in [3.05, 3.63) is 0 Å². The Morgan fingerprint density at radius 2 is 1.89 bits per heavy atom. The molecule has 0 aromatic carbocycles. The summed E-state index contributed by atoms with van der Waals surface area (Å²) in [5.74, 6) is 0. The number of carbonyl (C=O) groups is 1. The molecular formula is C14H28N2O3. The Morgan fingerprint density at radius 1 is 1.37 bits per heavy atom. The molecule has 1 saturated heterocycles. The van der Waals surface area contributed by atoms with Gasteiger partial charge in [0.25, 0.3) is 0 Å². The minimum Gasteiger partial charge on any atom is -0.444 e. The first-order valence-electron chi connectivity index (χ1n) is 7.04. The highest BCUT2D eigenvalue weighted by molar-refractivity contribution is 5.68. The minimum absolute atomic E-state index is 0.279. The standard InChI is InChI=1S/C14H28N2O3/c1-6-15(5)11-14(18)7-9-16(10-8-14)12(17)19-13(2,3)4/h18H,6-11H2,1-5H3. The third-order valence-corrected chi connectivity index (χ3v) is 3.45. The predicted octanol–water partition coefficient (Wildman–Crippen LogP) is 1.70.